The van der Waals surface area contributed by atoms with Crippen LogP contribution in [0, 0.1) is 12.9 Å². The number of aryl methyl sites for hydroxylation is 1. The standard InChI is InChI=1S/C14H9BrClFN4O/c1-5-9(16)8-4-6(2-3-7(8)14(22)19-5)10-13(18)21-12(17)11(15)20-10/h2-4H,1H3,(H2,18,21)(H,19,22). The smallest absolute Gasteiger partial charge is 0.256 e. The Morgan fingerprint density at radius 2 is 2.05 bits per heavy atom. The van der Waals surface area contributed by atoms with Crippen LogP contribution in [0.15, 0.2) is 27.6 Å². The molecule has 0 radical (unpaired) electrons. The molecule has 0 saturated heterocycles. The highest BCUT2D eigenvalue weighted by molar-refractivity contribution is 9.10. The third kappa shape index (κ3) is 2.36. The zero-order valence-electron chi connectivity index (χ0n) is 11.2. The van der Waals surface area contributed by atoms with Gasteiger partial charge in [0.25, 0.3) is 5.56 Å². The first-order valence-corrected chi connectivity index (χ1v) is 7.36. The second-order valence-electron chi connectivity index (χ2n) is 4.69. The predicted molar refractivity (Wildman–Crippen MR) is 87.4 cm³/mol. The zero-order valence-corrected chi connectivity index (χ0v) is 13.6. The number of aromatic nitrogens is 3. The summed E-state index contributed by atoms with van der Waals surface area (Å²) in [5.74, 6) is -0.829. The maximum absolute atomic E-state index is 13.3. The molecule has 5 nitrogen and oxygen atoms in total. The Kier molecular flexibility index (Phi) is 3.62. The number of nitrogens with two attached hydrogens (primary N) is 1. The van der Waals surface area contributed by atoms with Crippen molar-refractivity contribution in [3.63, 3.8) is 0 Å². The van der Waals surface area contributed by atoms with Crippen LogP contribution in [0.2, 0.25) is 5.02 Å². The van der Waals surface area contributed by atoms with Gasteiger partial charge in [-0.15, -0.1) is 0 Å². The first-order valence-electron chi connectivity index (χ1n) is 6.19. The number of nitrogens with zero attached hydrogens (tertiary/aromatic N) is 2. The molecular weight excluding hydrogens is 375 g/mol. The topological polar surface area (TPSA) is 84.7 Å². The summed E-state index contributed by atoms with van der Waals surface area (Å²) in [4.78, 5) is 22.2. The Bertz CT molecular complexity index is 973. The fourth-order valence-corrected chi connectivity index (χ4v) is 2.65. The highest BCUT2D eigenvalue weighted by atomic mass is 79.9. The van der Waals surface area contributed by atoms with Gasteiger partial charge >= 0.3 is 0 Å². The highest BCUT2D eigenvalue weighted by Gasteiger charge is 2.14. The maximum atomic E-state index is 13.3. The quantitative estimate of drug-likeness (QED) is 0.674. The van der Waals surface area contributed by atoms with Crippen LogP contribution in [-0.4, -0.2) is 15.0 Å². The molecule has 8 heteroatoms. The summed E-state index contributed by atoms with van der Waals surface area (Å²) in [7, 11) is 0. The molecule has 2 heterocycles. The molecule has 3 N–H and O–H groups in total. The van der Waals surface area contributed by atoms with E-state index in [2.05, 4.69) is 30.9 Å². The molecule has 3 rings (SSSR count). The molecule has 0 unspecified atom stereocenters. The van der Waals surface area contributed by atoms with Crippen molar-refractivity contribution in [3.05, 3.63) is 49.8 Å². The minimum absolute atomic E-state index is 0.0371. The van der Waals surface area contributed by atoms with Crippen molar-refractivity contribution in [1.82, 2.24) is 15.0 Å². The summed E-state index contributed by atoms with van der Waals surface area (Å²) >= 11 is 9.23. The average Bonchev–Trinajstić information content (AvgIpc) is 2.48. The minimum atomic E-state index is -0.785. The molecule has 0 spiro atoms. The summed E-state index contributed by atoms with van der Waals surface area (Å²) < 4.78 is 13.3. The first kappa shape index (κ1) is 14.9. The molecule has 0 saturated carbocycles. The van der Waals surface area contributed by atoms with Gasteiger partial charge in [0.1, 0.15) is 5.69 Å². The van der Waals surface area contributed by atoms with Gasteiger partial charge in [0.2, 0.25) is 5.95 Å². The largest absolute Gasteiger partial charge is 0.382 e. The number of pyridine rings is 1. The van der Waals surface area contributed by atoms with Gasteiger partial charge in [-0.25, -0.2) is 4.98 Å². The maximum Gasteiger partial charge on any atom is 0.256 e. The Morgan fingerprint density at radius 3 is 2.77 bits per heavy atom. The summed E-state index contributed by atoms with van der Waals surface area (Å²) in [5, 5.41) is 1.46. The van der Waals surface area contributed by atoms with Gasteiger partial charge in [0, 0.05) is 22.0 Å². The van der Waals surface area contributed by atoms with E-state index in [0.717, 1.165) is 0 Å². The van der Waals surface area contributed by atoms with Gasteiger partial charge in [-0.1, -0.05) is 17.7 Å². The van der Waals surface area contributed by atoms with Crippen LogP contribution in [0.5, 0.6) is 0 Å². The van der Waals surface area contributed by atoms with Crippen molar-refractivity contribution in [2.24, 2.45) is 0 Å². The van der Waals surface area contributed by atoms with Crippen molar-refractivity contribution in [2.75, 3.05) is 5.73 Å². The number of halogens is 3. The monoisotopic (exact) mass is 382 g/mol. The lowest BCUT2D eigenvalue weighted by Crippen LogP contribution is -2.08. The molecule has 0 bridgehead atoms. The summed E-state index contributed by atoms with van der Waals surface area (Å²) in [6, 6.07) is 4.96. The molecule has 0 aliphatic carbocycles. The number of anilines is 1. The SMILES string of the molecule is Cc1[nH]c(=O)c2ccc(-c3nc(Br)c(F)nc3N)cc2c1Cl. The average molecular weight is 384 g/mol. The molecule has 0 aliphatic heterocycles. The van der Waals surface area contributed by atoms with Crippen molar-refractivity contribution in [1.29, 1.82) is 0 Å². The molecule has 22 heavy (non-hydrogen) atoms. The molecule has 2 aromatic heterocycles. The van der Waals surface area contributed by atoms with Gasteiger partial charge in [-0.3, -0.25) is 4.79 Å². The third-order valence-corrected chi connectivity index (χ3v) is 4.24. The van der Waals surface area contributed by atoms with Gasteiger partial charge in [0.05, 0.1) is 5.02 Å². The number of H-pyrrole nitrogens is 1. The second kappa shape index (κ2) is 5.33. The summed E-state index contributed by atoms with van der Waals surface area (Å²) in [5.41, 5.74) is 6.96. The summed E-state index contributed by atoms with van der Waals surface area (Å²) in [6.45, 7) is 1.71. The van der Waals surface area contributed by atoms with E-state index in [0.29, 0.717) is 32.7 Å². The van der Waals surface area contributed by atoms with E-state index in [1.54, 1.807) is 25.1 Å². The minimum Gasteiger partial charge on any atom is -0.382 e. The Labute approximate surface area is 137 Å². The van der Waals surface area contributed by atoms with E-state index in [1.807, 2.05) is 0 Å². The number of benzene rings is 1. The van der Waals surface area contributed by atoms with E-state index < -0.39 is 5.95 Å². The van der Waals surface area contributed by atoms with Gasteiger partial charge in [0.15, 0.2) is 10.4 Å². The summed E-state index contributed by atoms with van der Waals surface area (Å²) in [6.07, 6.45) is 0. The molecule has 0 fully saturated rings. The van der Waals surface area contributed by atoms with Crippen LogP contribution in [0.25, 0.3) is 22.0 Å². The number of aromatic amines is 1. The number of nitrogens with one attached hydrogen (secondary N) is 1. The van der Waals surface area contributed by atoms with Crippen LogP contribution in [0.4, 0.5) is 10.2 Å². The van der Waals surface area contributed by atoms with E-state index in [1.165, 1.54) is 0 Å². The van der Waals surface area contributed by atoms with E-state index in [-0.39, 0.29) is 16.0 Å². The molecule has 112 valence electrons. The Hall–Kier alpha value is -1.99. The van der Waals surface area contributed by atoms with Crippen molar-refractivity contribution < 1.29 is 4.39 Å². The lowest BCUT2D eigenvalue weighted by Gasteiger charge is -2.08. The Balaban J connectivity index is 2.32. The first-order chi connectivity index (χ1) is 10.4. The van der Waals surface area contributed by atoms with E-state index in [4.69, 9.17) is 17.3 Å². The van der Waals surface area contributed by atoms with E-state index >= 15 is 0 Å². The normalized spacial score (nSPS) is 11.1. The number of hydrogen-bond donors (Lipinski definition) is 2. The van der Waals surface area contributed by atoms with Crippen LogP contribution in [-0.2, 0) is 0 Å². The van der Waals surface area contributed by atoms with Gasteiger partial charge < -0.3 is 10.7 Å². The number of hydrogen-bond acceptors (Lipinski definition) is 4. The van der Waals surface area contributed by atoms with Crippen molar-refractivity contribution >= 4 is 44.1 Å². The van der Waals surface area contributed by atoms with Crippen LogP contribution < -0.4 is 11.3 Å². The second-order valence-corrected chi connectivity index (χ2v) is 5.82. The van der Waals surface area contributed by atoms with Crippen molar-refractivity contribution in [2.45, 2.75) is 6.92 Å². The predicted octanol–water partition coefficient (Wildman–Crippen LogP) is 3.43. The zero-order chi connectivity index (χ0) is 16.0. The van der Waals surface area contributed by atoms with Gasteiger partial charge in [-0.2, -0.15) is 9.37 Å². The molecule has 3 aromatic rings. The number of fused-ring (bicyclic) bond motifs is 1. The molecule has 0 amide bonds. The van der Waals surface area contributed by atoms with Crippen LogP contribution >= 0.6 is 27.5 Å². The fraction of sp³-hybridized carbons (Fsp3) is 0.0714. The molecule has 0 aliphatic rings. The Morgan fingerprint density at radius 1 is 1.32 bits per heavy atom. The molecule has 1 aromatic carbocycles. The molecule has 0 atom stereocenters. The fourth-order valence-electron chi connectivity index (χ4n) is 2.18. The lowest BCUT2D eigenvalue weighted by molar-refractivity contribution is 0.571. The van der Waals surface area contributed by atoms with E-state index in [9.17, 15) is 9.18 Å². The van der Waals surface area contributed by atoms with Crippen molar-refractivity contribution in [3.8, 4) is 11.3 Å². The lowest BCUT2D eigenvalue weighted by atomic mass is 10.1. The third-order valence-electron chi connectivity index (χ3n) is 3.25. The number of nitrogen functional groups attached to an aromatic ring is 1. The van der Waals surface area contributed by atoms with Crippen LogP contribution in [0.1, 0.15) is 5.69 Å². The van der Waals surface area contributed by atoms with Gasteiger partial charge in [-0.05, 0) is 35.0 Å². The molecular formula is C14H9BrClFN4O. The van der Waals surface area contributed by atoms with Crippen LogP contribution in [0.3, 0.4) is 0 Å². The highest BCUT2D eigenvalue weighted by Crippen LogP contribution is 2.30. The number of rotatable bonds is 1.